The van der Waals surface area contributed by atoms with E-state index in [4.69, 9.17) is 5.73 Å². The van der Waals surface area contributed by atoms with Gasteiger partial charge < -0.3 is 10.6 Å². The van der Waals surface area contributed by atoms with E-state index in [0.717, 1.165) is 18.4 Å². The van der Waals surface area contributed by atoms with Crippen LogP contribution in [0.25, 0.3) is 0 Å². The number of nitrogens with zero attached hydrogens (tertiary/aromatic N) is 1. The van der Waals surface area contributed by atoms with Crippen molar-refractivity contribution >= 4 is 5.91 Å². The quantitative estimate of drug-likeness (QED) is 0.850. The summed E-state index contributed by atoms with van der Waals surface area (Å²) in [5.41, 5.74) is 6.87. The van der Waals surface area contributed by atoms with Gasteiger partial charge in [-0.25, -0.2) is 0 Å². The van der Waals surface area contributed by atoms with Crippen LogP contribution in [0.5, 0.6) is 0 Å². The lowest BCUT2D eigenvalue weighted by molar-refractivity contribution is -0.133. The van der Waals surface area contributed by atoms with Gasteiger partial charge in [0.25, 0.3) is 0 Å². The fraction of sp³-hybridized carbons (Fsp3) is 0.500. The number of carbonyl (C=O) groups is 1. The molecule has 0 fully saturated rings. The standard InChI is InChI=1S/C14H22N2O/c1-4-12(5-2)16(3)14(17)13(15)11-9-7-6-8-10-11/h6-10,12-13H,4-5,15H2,1-3H3. The van der Waals surface area contributed by atoms with Gasteiger partial charge >= 0.3 is 0 Å². The third-order valence-corrected chi connectivity index (χ3v) is 3.26. The predicted molar refractivity (Wildman–Crippen MR) is 70.5 cm³/mol. The van der Waals surface area contributed by atoms with Crippen molar-refractivity contribution in [2.45, 2.75) is 38.8 Å². The van der Waals surface area contributed by atoms with Crippen molar-refractivity contribution in [2.24, 2.45) is 5.73 Å². The highest BCUT2D eigenvalue weighted by Gasteiger charge is 2.23. The van der Waals surface area contributed by atoms with Gasteiger partial charge in [0.1, 0.15) is 6.04 Å². The molecular formula is C14H22N2O. The van der Waals surface area contributed by atoms with Crippen molar-refractivity contribution in [3.8, 4) is 0 Å². The van der Waals surface area contributed by atoms with Gasteiger partial charge in [-0.05, 0) is 18.4 Å². The van der Waals surface area contributed by atoms with Crippen LogP contribution in [0, 0.1) is 0 Å². The summed E-state index contributed by atoms with van der Waals surface area (Å²) >= 11 is 0. The van der Waals surface area contributed by atoms with Crippen molar-refractivity contribution in [2.75, 3.05) is 7.05 Å². The van der Waals surface area contributed by atoms with E-state index < -0.39 is 6.04 Å². The fourth-order valence-electron chi connectivity index (χ4n) is 2.04. The second kappa shape index (κ2) is 6.40. The number of nitrogens with two attached hydrogens (primary N) is 1. The van der Waals surface area contributed by atoms with Crippen molar-refractivity contribution in [1.82, 2.24) is 4.90 Å². The van der Waals surface area contributed by atoms with E-state index in [1.54, 1.807) is 4.90 Å². The molecule has 0 saturated heterocycles. The average Bonchev–Trinajstić information content (AvgIpc) is 2.39. The number of amides is 1. The summed E-state index contributed by atoms with van der Waals surface area (Å²) in [4.78, 5) is 14.0. The van der Waals surface area contributed by atoms with E-state index in [1.807, 2.05) is 37.4 Å². The first-order valence-corrected chi connectivity index (χ1v) is 6.19. The highest BCUT2D eigenvalue weighted by molar-refractivity contribution is 5.83. The molecular weight excluding hydrogens is 212 g/mol. The monoisotopic (exact) mass is 234 g/mol. The Hall–Kier alpha value is -1.35. The van der Waals surface area contributed by atoms with Gasteiger partial charge in [0.15, 0.2) is 0 Å². The SMILES string of the molecule is CCC(CC)N(C)C(=O)C(N)c1ccccc1. The van der Waals surface area contributed by atoms with Crippen molar-refractivity contribution in [3.05, 3.63) is 35.9 Å². The van der Waals surface area contributed by atoms with Gasteiger partial charge in [-0.1, -0.05) is 44.2 Å². The fourth-order valence-corrected chi connectivity index (χ4v) is 2.04. The molecule has 1 rings (SSSR count). The lowest BCUT2D eigenvalue weighted by Gasteiger charge is -2.28. The van der Waals surface area contributed by atoms with Gasteiger partial charge in [-0.3, -0.25) is 4.79 Å². The van der Waals surface area contributed by atoms with E-state index >= 15 is 0 Å². The van der Waals surface area contributed by atoms with Gasteiger partial charge in [-0.15, -0.1) is 0 Å². The molecule has 0 radical (unpaired) electrons. The number of likely N-dealkylation sites (N-methyl/N-ethyl adjacent to an activating group) is 1. The highest BCUT2D eigenvalue weighted by atomic mass is 16.2. The Balaban J connectivity index is 2.76. The first kappa shape index (κ1) is 13.7. The molecule has 17 heavy (non-hydrogen) atoms. The summed E-state index contributed by atoms with van der Waals surface area (Å²) < 4.78 is 0. The van der Waals surface area contributed by atoms with Crippen LogP contribution in [-0.4, -0.2) is 23.9 Å². The average molecular weight is 234 g/mol. The van der Waals surface area contributed by atoms with Gasteiger partial charge in [0.05, 0.1) is 0 Å². The molecule has 0 aliphatic rings. The topological polar surface area (TPSA) is 46.3 Å². The number of hydrogen-bond donors (Lipinski definition) is 1. The first-order chi connectivity index (χ1) is 8.11. The molecule has 94 valence electrons. The summed E-state index contributed by atoms with van der Waals surface area (Å²) in [6.07, 6.45) is 1.92. The van der Waals surface area contributed by atoms with Crippen molar-refractivity contribution in [3.63, 3.8) is 0 Å². The molecule has 2 N–H and O–H groups in total. The summed E-state index contributed by atoms with van der Waals surface area (Å²) in [7, 11) is 1.84. The summed E-state index contributed by atoms with van der Waals surface area (Å²) in [6.45, 7) is 4.18. The Morgan fingerprint density at radius 1 is 1.24 bits per heavy atom. The highest BCUT2D eigenvalue weighted by Crippen LogP contribution is 2.15. The zero-order valence-corrected chi connectivity index (χ0v) is 10.9. The predicted octanol–water partition coefficient (Wildman–Crippen LogP) is 2.33. The second-order valence-corrected chi connectivity index (χ2v) is 4.31. The number of carbonyl (C=O) groups excluding carboxylic acids is 1. The van der Waals surface area contributed by atoms with Crippen LogP contribution in [0.2, 0.25) is 0 Å². The molecule has 1 unspecified atom stereocenters. The molecule has 1 atom stereocenters. The van der Waals surface area contributed by atoms with E-state index in [-0.39, 0.29) is 11.9 Å². The molecule has 1 aromatic rings. The second-order valence-electron chi connectivity index (χ2n) is 4.31. The maximum absolute atomic E-state index is 12.2. The Labute approximate surface area is 104 Å². The van der Waals surface area contributed by atoms with Crippen LogP contribution in [0.15, 0.2) is 30.3 Å². The molecule has 0 heterocycles. The van der Waals surface area contributed by atoms with Crippen molar-refractivity contribution < 1.29 is 4.79 Å². The zero-order chi connectivity index (χ0) is 12.8. The van der Waals surface area contributed by atoms with Crippen LogP contribution in [0.1, 0.15) is 38.3 Å². The minimum Gasteiger partial charge on any atom is -0.341 e. The zero-order valence-electron chi connectivity index (χ0n) is 10.9. The largest absolute Gasteiger partial charge is 0.341 e. The number of rotatable bonds is 5. The first-order valence-electron chi connectivity index (χ1n) is 6.19. The molecule has 3 nitrogen and oxygen atoms in total. The summed E-state index contributed by atoms with van der Waals surface area (Å²) in [5.74, 6) is -0.00935. The molecule has 1 amide bonds. The molecule has 0 bridgehead atoms. The Morgan fingerprint density at radius 2 is 1.76 bits per heavy atom. The third kappa shape index (κ3) is 3.30. The number of benzene rings is 1. The van der Waals surface area contributed by atoms with E-state index in [1.165, 1.54) is 0 Å². The molecule has 0 aliphatic heterocycles. The Bertz CT molecular complexity index is 346. The van der Waals surface area contributed by atoms with Gasteiger partial charge in [0, 0.05) is 13.1 Å². The van der Waals surface area contributed by atoms with Crippen LogP contribution in [0.3, 0.4) is 0 Å². The van der Waals surface area contributed by atoms with Gasteiger partial charge in [0.2, 0.25) is 5.91 Å². The minimum atomic E-state index is -0.554. The smallest absolute Gasteiger partial charge is 0.244 e. The Morgan fingerprint density at radius 3 is 2.24 bits per heavy atom. The van der Waals surface area contributed by atoms with E-state index in [9.17, 15) is 4.79 Å². The molecule has 0 aromatic heterocycles. The lowest BCUT2D eigenvalue weighted by Crippen LogP contribution is -2.41. The van der Waals surface area contributed by atoms with Crippen molar-refractivity contribution in [1.29, 1.82) is 0 Å². The van der Waals surface area contributed by atoms with Crippen LogP contribution in [0.4, 0.5) is 0 Å². The maximum Gasteiger partial charge on any atom is 0.244 e. The Kier molecular flexibility index (Phi) is 5.16. The van der Waals surface area contributed by atoms with Crippen LogP contribution < -0.4 is 5.73 Å². The maximum atomic E-state index is 12.2. The third-order valence-electron chi connectivity index (χ3n) is 3.26. The minimum absolute atomic E-state index is 0.00935. The molecule has 0 spiro atoms. The van der Waals surface area contributed by atoms with Gasteiger partial charge in [-0.2, -0.15) is 0 Å². The molecule has 0 saturated carbocycles. The lowest BCUT2D eigenvalue weighted by atomic mass is 10.0. The van der Waals surface area contributed by atoms with E-state index in [0.29, 0.717) is 0 Å². The van der Waals surface area contributed by atoms with E-state index in [2.05, 4.69) is 13.8 Å². The number of hydrogen-bond acceptors (Lipinski definition) is 2. The molecule has 1 aromatic carbocycles. The summed E-state index contributed by atoms with van der Waals surface area (Å²) in [5, 5.41) is 0. The van der Waals surface area contributed by atoms with Crippen LogP contribution in [-0.2, 0) is 4.79 Å². The molecule has 3 heteroatoms. The normalized spacial score (nSPS) is 12.5. The molecule has 0 aliphatic carbocycles. The summed E-state index contributed by atoms with van der Waals surface area (Å²) in [6, 6.07) is 9.23. The van der Waals surface area contributed by atoms with Crippen LogP contribution >= 0.6 is 0 Å².